The molecule has 9 heteroatoms. The summed E-state index contributed by atoms with van der Waals surface area (Å²) in [5.74, 6) is -1.40. The number of Topliss-reactive ketones (excluding diaryl/α,β-unsaturated/α-hetero) is 1. The average Bonchev–Trinajstić information content (AvgIpc) is 3.27. The Kier molecular flexibility index (Phi) is 8.47. The summed E-state index contributed by atoms with van der Waals surface area (Å²) < 4.78 is 25.0. The van der Waals surface area contributed by atoms with E-state index in [0.29, 0.717) is 29.9 Å². The molecule has 0 aliphatic rings. The summed E-state index contributed by atoms with van der Waals surface area (Å²) in [6, 6.07) is 20.8. The molecule has 0 saturated heterocycles. The summed E-state index contributed by atoms with van der Waals surface area (Å²) in [6.45, 7) is 3.84. The van der Waals surface area contributed by atoms with Crippen LogP contribution in [0, 0.1) is 11.7 Å². The summed E-state index contributed by atoms with van der Waals surface area (Å²) in [7, 11) is 0. The smallest absolute Gasteiger partial charge is 0.442 e. The van der Waals surface area contributed by atoms with Crippen LogP contribution in [0.4, 0.5) is 4.39 Å². The van der Waals surface area contributed by atoms with E-state index in [9.17, 15) is 18.8 Å². The Morgan fingerprint density at radius 1 is 1.05 bits per heavy atom. The molecule has 8 nitrogen and oxygen atoms in total. The number of nitrogens with zero attached hydrogens (tertiary/aromatic N) is 2. The summed E-state index contributed by atoms with van der Waals surface area (Å²) in [4.78, 5) is 38.7. The predicted octanol–water partition coefficient (Wildman–Crippen LogP) is 4.88. The van der Waals surface area contributed by atoms with Gasteiger partial charge in [-0.25, -0.2) is 13.8 Å². The van der Waals surface area contributed by atoms with Crippen molar-refractivity contribution >= 4 is 11.7 Å². The molecule has 4 aromatic rings. The third kappa shape index (κ3) is 6.82. The number of nitrogens with one attached hydrogen (secondary N) is 1. The van der Waals surface area contributed by atoms with Gasteiger partial charge < -0.3 is 10.1 Å². The molecule has 0 aliphatic carbocycles. The van der Waals surface area contributed by atoms with Crippen molar-refractivity contribution in [2.24, 2.45) is 5.92 Å². The van der Waals surface area contributed by atoms with Gasteiger partial charge in [0.25, 0.3) is 5.91 Å². The molecule has 1 aromatic heterocycles. The van der Waals surface area contributed by atoms with E-state index < -0.39 is 29.3 Å². The zero-order valence-electron chi connectivity index (χ0n) is 21.1. The van der Waals surface area contributed by atoms with E-state index in [4.69, 9.17) is 9.26 Å². The molecular weight excluding hydrogens is 489 g/mol. The third-order valence-corrected chi connectivity index (χ3v) is 5.85. The molecule has 1 heterocycles. The van der Waals surface area contributed by atoms with Crippen LogP contribution in [0.25, 0.3) is 11.4 Å². The van der Waals surface area contributed by atoms with Gasteiger partial charge in [-0.3, -0.25) is 14.1 Å². The fourth-order valence-electron chi connectivity index (χ4n) is 3.93. The van der Waals surface area contributed by atoms with Gasteiger partial charge in [0, 0.05) is 12.6 Å². The molecule has 0 spiro atoms. The molecule has 0 fully saturated rings. The Hall–Kier alpha value is -4.53. The van der Waals surface area contributed by atoms with Gasteiger partial charge in [-0.2, -0.15) is 0 Å². The molecule has 1 atom stereocenters. The van der Waals surface area contributed by atoms with Crippen molar-refractivity contribution in [3.05, 3.63) is 106 Å². The largest absolute Gasteiger partial charge is 0.489 e. The van der Waals surface area contributed by atoms with Gasteiger partial charge in [0.05, 0.1) is 12.6 Å². The molecule has 3 aromatic carbocycles. The van der Waals surface area contributed by atoms with Crippen LogP contribution in [0.1, 0.15) is 37.6 Å². The first-order valence-electron chi connectivity index (χ1n) is 12.2. The van der Waals surface area contributed by atoms with Crippen LogP contribution in [-0.4, -0.2) is 27.5 Å². The molecule has 0 radical (unpaired) electrons. The second kappa shape index (κ2) is 12.1. The van der Waals surface area contributed by atoms with Crippen molar-refractivity contribution in [2.45, 2.75) is 39.5 Å². The minimum atomic E-state index is -0.862. The number of ketones is 1. The van der Waals surface area contributed by atoms with Crippen molar-refractivity contribution < 1.29 is 24.7 Å². The molecule has 198 valence electrons. The van der Waals surface area contributed by atoms with Crippen molar-refractivity contribution in [1.82, 2.24) is 15.0 Å². The Balaban J connectivity index is 0.00000420. The van der Waals surface area contributed by atoms with Gasteiger partial charge in [-0.1, -0.05) is 55.4 Å². The Morgan fingerprint density at radius 3 is 2.50 bits per heavy atom. The van der Waals surface area contributed by atoms with Crippen LogP contribution >= 0.6 is 0 Å². The van der Waals surface area contributed by atoms with Crippen molar-refractivity contribution in [3.63, 3.8) is 0 Å². The number of hydrogen-bond donors (Lipinski definition) is 1. The Morgan fingerprint density at radius 2 is 1.79 bits per heavy atom. The number of ether oxygens (including phenoxy) is 1. The van der Waals surface area contributed by atoms with Gasteiger partial charge >= 0.3 is 5.76 Å². The van der Waals surface area contributed by atoms with E-state index in [1.807, 2.05) is 44.2 Å². The van der Waals surface area contributed by atoms with Crippen molar-refractivity contribution in [2.75, 3.05) is 0 Å². The highest BCUT2D eigenvalue weighted by atomic mass is 19.1. The minimum Gasteiger partial charge on any atom is -0.489 e. The number of hydrogen-bond acceptors (Lipinski definition) is 6. The lowest BCUT2D eigenvalue weighted by Crippen LogP contribution is -2.44. The number of aromatic nitrogens is 2. The number of halogens is 1. The lowest BCUT2D eigenvalue weighted by atomic mass is 9.99. The van der Waals surface area contributed by atoms with E-state index in [2.05, 4.69) is 10.5 Å². The summed E-state index contributed by atoms with van der Waals surface area (Å²) >= 11 is 0. The maximum atomic E-state index is 13.3. The fourth-order valence-corrected chi connectivity index (χ4v) is 3.93. The lowest BCUT2D eigenvalue weighted by Gasteiger charge is -2.20. The van der Waals surface area contributed by atoms with Crippen LogP contribution < -0.4 is 15.8 Å². The number of carbonyl (C=O) groups is 2. The molecule has 1 N–H and O–H groups in total. The molecule has 0 bridgehead atoms. The van der Waals surface area contributed by atoms with Crippen LogP contribution in [-0.2, 0) is 17.9 Å². The Labute approximate surface area is 220 Å². The van der Waals surface area contributed by atoms with Gasteiger partial charge in [0.15, 0.2) is 11.6 Å². The highest BCUT2D eigenvalue weighted by Crippen LogP contribution is 2.18. The summed E-state index contributed by atoms with van der Waals surface area (Å²) in [5, 5.41) is 6.55. The predicted molar refractivity (Wildman–Crippen MR) is 141 cm³/mol. The topological polar surface area (TPSA) is 103 Å². The number of carbonyl (C=O) groups excluding carboxylic acids is 2. The second-order valence-electron chi connectivity index (χ2n) is 9.29. The van der Waals surface area contributed by atoms with Crippen molar-refractivity contribution in [3.8, 4) is 17.1 Å². The van der Waals surface area contributed by atoms with Gasteiger partial charge in [0.2, 0.25) is 0 Å². The minimum absolute atomic E-state index is 0. The van der Waals surface area contributed by atoms with E-state index in [-0.39, 0.29) is 19.7 Å². The van der Waals surface area contributed by atoms with Gasteiger partial charge in [0.1, 0.15) is 18.2 Å². The van der Waals surface area contributed by atoms with Crippen LogP contribution in [0.2, 0.25) is 0 Å². The molecule has 0 saturated carbocycles. The van der Waals surface area contributed by atoms with E-state index in [1.165, 1.54) is 24.3 Å². The fraction of sp³-hybridized carbons (Fsp3) is 0.241. The molecular formula is C29H30FN3O5. The maximum Gasteiger partial charge on any atom is 0.442 e. The standard InChI is InChI=1S/C29H28FN3O5.H2/c1-19(2)15-25(26(34)17-33-27(32-38-29(33)36)21-11-13-23(30)14-12-21)31-28(35)22-9-6-10-24(16-22)37-18-20-7-4-3-5-8-20;/h3-14,16,19,25H,15,17-18H2,1-2H3,(H,31,35);1H/t25-;/m0./s1. The highest BCUT2D eigenvalue weighted by Gasteiger charge is 2.25. The molecule has 4 rings (SSSR count). The molecule has 0 unspecified atom stereocenters. The third-order valence-electron chi connectivity index (χ3n) is 5.85. The van der Waals surface area contributed by atoms with Gasteiger partial charge in [-0.05, 0) is 60.4 Å². The monoisotopic (exact) mass is 519 g/mol. The average molecular weight is 520 g/mol. The Bertz CT molecular complexity index is 1450. The first-order valence-corrected chi connectivity index (χ1v) is 12.2. The quantitative estimate of drug-likeness (QED) is 0.303. The zero-order valence-corrected chi connectivity index (χ0v) is 21.1. The van der Waals surface area contributed by atoms with Crippen LogP contribution in [0.15, 0.2) is 88.2 Å². The van der Waals surface area contributed by atoms with Crippen LogP contribution in [0.3, 0.4) is 0 Å². The molecule has 1 amide bonds. The number of rotatable bonds is 11. The normalized spacial score (nSPS) is 11.8. The summed E-state index contributed by atoms with van der Waals surface area (Å²) in [6.07, 6.45) is 0.362. The van der Waals surface area contributed by atoms with Crippen molar-refractivity contribution in [1.29, 1.82) is 0 Å². The zero-order chi connectivity index (χ0) is 27.1. The van der Waals surface area contributed by atoms with E-state index in [0.717, 1.165) is 10.1 Å². The number of amides is 1. The highest BCUT2D eigenvalue weighted by molar-refractivity contribution is 5.98. The SMILES string of the molecule is CC(C)C[C@H](NC(=O)c1cccc(OCc2ccccc2)c1)C(=O)Cn1c(-c2ccc(F)cc2)noc1=O.[HH]. The maximum absolute atomic E-state index is 13.3. The first kappa shape index (κ1) is 26.5. The summed E-state index contributed by atoms with van der Waals surface area (Å²) in [5.41, 5.74) is 1.75. The van der Waals surface area contributed by atoms with E-state index >= 15 is 0 Å². The molecule has 38 heavy (non-hydrogen) atoms. The molecule has 0 aliphatic heterocycles. The second-order valence-corrected chi connectivity index (χ2v) is 9.29. The van der Waals surface area contributed by atoms with Crippen LogP contribution in [0.5, 0.6) is 5.75 Å². The first-order chi connectivity index (χ1) is 18.3. The van der Waals surface area contributed by atoms with Gasteiger partial charge in [-0.15, -0.1) is 0 Å². The number of benzene rings is 3. The van der Waals surface area contributed by atoms with E-state index in [1.54, 1.807) is 24.3 Å². The lowest BCUT2D eigenvalue weighted by molar-refractivity contribution is -0.121.